The number of hydrogen-bond donors (Lipinski definition) is 1. The molecule has 0 aromatic heterocycles. The first-order valence-electron chi connectivity index (χ1n) is 11.0. The van der Waals surface area contributed by atoms with E-state index in [1.54, 1.807) is 44.2 Å². The van der Waals surface area contributed by atoms with Crippen LogP contribution in [-0.2, 0) is 26.2 Å². The number of benzene rings is 2. The number of nitrogens with zero attached hydrogens (tertiary/aromatic N) is 2. The van der Waals surface area contributed by atoms with Crippen LogP contribution in [0.5, 0.6) is 0 Å². The number of carbonyl (C=O) groups is 2. The van der Waals surface area contributed by atoms with Crippen molar-refractivity contribution < 1.29 is 18.0 Å². The molecule has 0 aliphatic rings. The van der Waals surface area contributed by atoms with Gasteiger partial charge in [0.25, 0.3) is 0 Å². The van der Waals surface area contributed by atoms with Crippen molar-refractivity contribution in [2.24, 2.45) is 0 Å². The summed E-state index contributed by atoms with van der Waals surface area (Å²) in [5, 5.41) is 3.85. The topological polar surface area (TPSA) is 86.8 Å². The molecule has 0 spiro atoms. The van der Waals surface area contributed by atoms with Crippen molar-refractivity contribution in [1.29, 1.82) is 0 Å². The van der Waals surface area contributed by atoms with Gasteiger partial charge < -0.3 is 10.2 Å². The van der Waals surface area contributed by atoms with Gasteiger partial charge in [0, 0.05) is 33.2 Å². The van der Waals surface area contributed by atoms with Crippen molar-refractivity contribution in [2.45, 2.75) is 52.7 Å². The van der Waals surface area contributed by atoms with E-state index in [1.807, 2.05) is 13.8 Å². The Morgan fingerprint density at radius 3 is 2.20 bits per heavy atom. The molecule has 2 amide bonds. The number of halogens is 3. The van der Waals surface area contributed by atoms with Crippen LogP contribution in [0, 0.1) is 6.92 Å². The number of rotatable bonds is 10. The molecule has 192 valence electrons. The third-order valence-electron chi connectivity index (χ3n) is 5.68. The molecule has 0 aliphatic heterocycles. The zero-order valence-corrected chi connectivity index (χ0v) is 23.4. The first-order valence-corrected chi connectivity index (χ1v) is 14.0. The summed E-state index contributed by atoms with van der Waals surface area (Å²) >= 11 is 18.8. The minimum Gasteiger partial charge on any atom is -0.352 e. The lowest BCUT2D eigenvalue weighted by Crippen LogP contribution is -2.52. The van der Waals surface area contributed by atoms with Crippen LogP contribution in [0.4, 0.5) is 5.69 Å². The lowest BCUT2D eigenvalue weighted by atomic mass is 10.1. The van der Waals surface area contributed by atoms with Crippen molar-refractivity contribution >= 4 is 62.3 Å². The summed E-state index contributed by atoms with van der Waals surface area (Å²) < 4.78 is 26.4. The van der Waals surface area contributed by atoms with E-state index in [0.29, 0.717) is 32.6 Å². The first-order chi connectivity index (χ1) is 16.3. The summed E-state index contributed by atoms with van der Waals surface area (Å²) in [4.78, 5) is 27.8. The zero-order valence-electron chi connectivity index (χ0n) is 20.3. The molecular weight excluding hydrogens is 533 g/mol. The molecule has 0 heterocycles. The van der Waals surface area contributed by atoms with E-state index in [0.717, 1.165) is 10.6 Å². The monoisotopic (exact) mass is 561 g/mol. The van der Waals surface area contributed by atoms with Crippen LogP contribution < -0.4 is 9.62 Å². The lowest BCUT2D eigenvalue weighted by Gasteiger charge is -2.32. The highest BCUT2D eigenvalue weighted by molar-refractivity contribution is 7.92. The first kappa shape index (κ1) is 29.2. The number of anilines is 1. The van der Waals surface area contributed by atoms with Gasteiger partial charge in [-0.1, -0.05) is 53.9 Å². The largest absolute Gasteiger partial charge is 0.352 e. The van der Waals surface area contributed by atoms with E-state index in [-0.39, 0.29) is 24.2 Å². The average molecular weight is 563 g/mol. The normalized spacial score (nSPS) is 13.1. The third-order valence-corrected chi connectivity index (χ3v) is 7.75. The van der Waals surface area contributed by atoms with Crippen LogP contribution >= 0.6 is 34.8 Å². The molecule has 2 rings (SSSR count). The number of amides is 2. The van der Waals surface area contributed by atoms with Gasteiger partial charge in [0.1, 0.15) is 12.6 Å². The molecule has 0 unspecified atom stereocenters. The second-order valence-corrected chi connectivity index (χ2v) is 11.6. The van der Waals surface area contributed by atoms with E-state index < -0.39 is 28.5 Å². The highest BCUT2D eigenvalue weighted by atomic mass is 35.5. The molecule has 2 atom stereocenters. The van der Waals surface area contributed by atoms with Crippen LogP contribution in [0.3, 0.4) is 0 Å². The van der Waals surface area contributed by atoms with Crippen LogP contribution in [0.25, 0.3) is 0 Å². The Morgan fingerprint density at radius 1 is 1.06 bits per heavy atom. The van der Waals surface area contributed by atoms with Crippen LogP contribution in [0.1, 0.15) is 38.3 Å². The Balaban J connectivity index is 2.49. The highest BCUT2D eigenvalue weighted by Crippen LogP contribution is 2.29. The molecule has 0 saturated carbocycles. The van der Waals surface area contributed by atoms with Crippen LogP contribution in [-0.4, -0.2) is 50.0 Å². The van der Waals surface area contributed by atoms with Gasteiger partial charge in [-0.15, -0.1) is 0 Å². The summed E-state index contributed by atoms with van der Waals surface area (Å²) in [6.45, 7) is 6.46. The van der Waals surface area contributed by atoms with Crippen molar-refractivity contribution in [2.75, 3.05) is 17.1 Å². The molecule has 7 nitrogen and oxygen atoms in total. The Morgan fingerprint density at radius 2 is 1.66 bits per heavy atom. The molecule has 11 heteroatoms. The summed E-state index contributed by atoms with van der Waals surface area (Å²) in [5.74, 6) is -0.974. The number of sulfonamides is 1. The molecule has 1 N–H and O–H groups in total. The van der Waals surface area contributed by atoms with Gasteiger partial charge >= 0.3 is 0 Å². The molecule has 2 aromatic carbocycles. The van der Waals surface area contributed by atoms with Crippen molar-refractivity contribution in [3.63, 3.8) is 0 Å². The van der Waals surface area contributed by atoms with Gasteiger partial charge in [-0.2, -0.15) is 0 Å². The highest BCUT2D eigenvalue weighted by Gasteiger charge is 2.31. The maximum Gasteiger partial charge on any atom is 0.244 e. The smallest absolute Gasteiger partial charge is 0.244 e. The van der Waals surface area contributed by atoms with E-state index in [9.17, 15) is 18.0 Å². The van der Waals surface area contributed by atoms with Gasteiger partial charge in [0.2, 0.25) is 21.8 Å². The standard InChI is InChI=1S/C24H30Cl3N3O4S/c1-6-16(3)28-24(32)17(4)29(13-19-20(26)8-7-9-21(19)27)23(31)14-30(35(5,33)34)22-12-18(25)11-10-15(22)2/h7-12,16-17H,6,13-14H2,1-5H3,(H,28,32)/t16-,17-/m0/s1. The fraction of sp³-hybridized carbons (Fsp3) is 0.417. The molecule has 0 saturated heterocycles. The van der Waals surface area contributed by atoms with Gasteiger partial charge in [-0.25, -0.2) is 8.42 Å². The molecular formula is C24H30Cl3N3O4S. The Bertz CT molecular complexity index is 1170. The van der Waals surface area contributed by atoms with Crippen molar-refractivity contribution in [3.8, 4) is 0 Å². The minimum atomic E-state index is -3.87. The number of nitrogens with one attached hydrogen (secondary N) is 1. The average Bonchev–Trinajstić information content (AvgIpc) is 2.77. The predicted molar refractivity (Wildman–Crippen MR) is 143 cm³/mol. The van der Waals surface area contributed by atoms with E-state index >= 15 is 0 Å². The van der Waals surface area contributed by atoms with Gasteiger partial charge in [-0.3, -0.25) is 13.9 Å². The molecule has 35 heavy (non-hydrogen) atoms. The van der Waals surface area contributed by atoms with Crippen LogP contribution in [0.15, 0.2) is 36.4 Å². The number of carbonyl (C=O) groups excluding carboxylic acids is 2. The SMILES string of the molecule is CC[C@H](C)NC(=O)[C@H](C)N(Cc1c(Cl)cccc1Cl)C(=O)CN(c1cc(Cl)ccc1C)S(C)(=O)=O. The fourth-order valence-corrected chi connectivity index (χ4v) is 4.93. The molecule has 2 aromatic rings. The van der Waals surface area contributed by atoms with E-state index in [2.05, 4.69) is 5.32 Å². The predicted octanol–water partition coefficient (Wildman–Crippen LogP) is 5.05. The van der Waals surface area contributed by atoms with Crippen molar-refractivity contribution in [3.05, 3.63) is 62.6 Å². The Labute approximate surface area is 222 Å². The third kappa shape index (κ3) is 7.74. The van der Waals surface area contributed by atoms with Gasteiger partial charge in [-0.05, 0) is 57.0 Å². The summed E-state index contributed by atoms with van der Waals surface area (Å²) in [5.41, 5.74) is 1.36. The van der Waals surface area contributed by atoms with E-state index in [4.69, 9.17) is 34.8 Å². The Kier molecular flexibility index (Phi) is 10.3. The summed E-state index contributed by atoms with van der Waals surface area (Å²) in [6.07, 6.45) is 1.72. The summed E-state index contributed by atoms with van der Waals surface area (Å²) in [7, 11) is -3.87. The van der Waals surface area contributed by atoms with Crippen molar-refractivity contribution in [1.82, 2.24) is 10.2 Å². The molecule has 0 aliphatic carbocycles. The van der Waals surface area contributed by atoms with E-state index in [1.165, 1.54) is 11.0 Å². The van der Waals surface area contributed by atoms with Gasteiger partial charge in [0.05, 0.1) is 11.9 Å². The number of aryl methyl sites for hydroxylation is 1. The summed E-state index contributed by atoms with van der Waals surface area (Å²) in [6, 6.07) is 8.70. The second-order valence-electron chi connectivity index (χ2n) is 8.42. The lowest BCUT2D eigenvalue weighted by molar-refractivity contribution is -0.139. The molecule has 0 radical (unpaired) electrons. The molecule has 0 fully saturated rings. The quantitative estimate of drug-likeness (QED) is 0.439. The van der Waals surface area contributed by atoms with Gasteiger partial charge in [0.15, 0.2) is 0 Å². The maximum absolute atomic E-state index is 13.6. The van der Waals surface area contributed by atoms with Crippen LogP contribution in [0.2, 0.25) is 15.1 Å². The number of hydrogen-bond acceptors (Lipinski definition) is 4. The minimum absolute atomic E-state index is 0.0848. The second kappa shape index (κ2) is 12.3. The zero-order chi connectivity index (χ0) is 26.5. The fourth-order valence-electron chi connectivity index (χ4n) is 3.35. The maximum atomic E-state index is 13.6. The Hall–Kier alpha value is -2.00. The molecule has 0 bridgehead atoms.